The van der Waals surface area contributed by atoms with Crippen molar-refractivity contribution in [2.75, 3.05) is 25.6 Å². The highest BCUT2D eigenvalue weighted by Gasteiger charge is 2.14. The Labute approximate surface area is 202 Å². The van der Waals surface area contributed by atoms with Crippen LogP contribution in [-0.2, 0) is 11.2 Å². The first kappa shape index (κ1) is 24.7. The van der Waals surface area contributed by atoms with E-state index in [2.05, 4.69) is 15.5 Å². The normalized spacial score (nSPS) is 10.9. The number of nitrogens with zero attached hydrogens (tertiary/aromatic N) is 3. The summed E-state index contributed by atoms with van der Waals surface area (Å²) < 4.78 is 17.0. The van der Waals surface area contributed by atoms with Gasteiger partial charge in [0.1, 0.15) is 35.6 Å². The van der Waals surface area contributed by atoms with Crippen LogP contribution in [-0.4, -0.2) is 36.4 Å². The molecule has 0 atom stereocenters. The van der Waals surface area contributed by atoms with Crippen molar-refractivity contribution in [1.82, 2.24) is 10.2 Å². The summed E-state index contributed by atoms with van der Waals surface area (Å²) in [6.07, 6.45) is 3.21. The molecule has 0 aliphatic carbocycles. The maximum atomic E-state index is 12.5. The second kappa shape index (κ2) is 12.4. The summed E-state index contributed by atoms with van der Waals surface area (Å²) in [4.78, 5) is 12.5. The summed E-state index contributed by atoms with van der Waals surface area (Å²) >= 11 is 1.30. The molecule has 0 unspecified atom stereocenters. The van der Waals surface area contributed by atoms with Gasteiger partial charge in [-0.1, -0.05) is 42.5 Å². The Morgan fingerprint density at radius 3 is 2.59 bits per heavy atom. The first-order valence-corrected chi connectivity index (χ1v) is 11.6. The average Bonchev–Trinajstić information content (AvgIpc) is 3.28. The molecule has 0 saturated carbocycles. The van der Waals surface area contributed by atoms with Crippen molar-refractivity contribution in [2.45, 2.75) is 26.7 Å². The number of rotatable bonds is 11. The number of nitriles is 1. The Morgan fingerprint density at radius 1 is 1.12 bits per heavy atom. The van der Waals surface area contributed by atoms with Gasteiger partial charge in [0.2, 0.25) is 5.13 Å². The molecule has 0 aliphatic heterocycles. The average molecular weight is 479 g/mol. The number of hydrogen-bond acceptors (Lipinski definition) is 8. The number of hydrogen-bond donors (Lipinski definition) is 1. The van der Waals surface area contributed by atoms with Crippen molar-refractivity contribution in [3.63, 3.8) is 0 Å². The molecule has 1 N–H and O–H groups in total. The fourth-order valence-electron chi connectivity index (χ4n) is 3.01. The van der Waals surface area contributed by atoms with Gasteiger partial charge in [-0.05, 0) is 48.7 Å². The minimum atomic E-state index is -0.547. The SMILES string of the molecule is CCCc1nnc(NC(=O)C(C#N)=Cc2ccc(OCCOc3ccccc3C)c(OC)c2)s1. The van der Waals surface area contributed by atoms with Crippen molar-refractivity contribution in [3.8, 4) is 23.3 Å². The Hall–Kier alpha value is -3.90. The molecule has 2 aromatic carbocycles. The predicted octanol–water partition coefficient (Wildman–Crippen LogP) is 4.81. The number of benzene rings is 2. The molecule has 0 fully saturated rings. The smallest absolute Gasteiger partial charge is 0.268 e. The molecule has 0 bridgehead atoms. The second-order valence-electron chi connectivity index (χ2n) is 7.25. The van der Waals surface area contributed by atoms with Crippen LogP contribution in [0.15, 0.2) is 48.0 Å². The Kier molecular flexibility index (Phi) is 9.00. The van der Waals surface area contributed by atoms with E-state index in [-0.39, 0.29) is 5.57 Å². The molecule has 3 aromatic rings. The van der Waals surface area contributed by atoms with E-state index in [9.17, 15) is 10.1 Å². The molecule has 176 valence electrons. The highest BCUT2D eigenvalue weighted by atomic mass is 32.1. The lowest BCUT2D eigenvalue weighted by atomic mass is 10.1. The molecule has 3 rings (SSSR count). The van der Waals surface area contributed by atoms with Crippen molar-refractivity contribution in [1.29, 1.82) is 5.26 Å². The summed E-state index contributed by atoms with van der Waals surface area (Å²) in [5.41, 5.74) is 1.62. The minimum Gasteiger partial charge on any atom is -0.493 e. The van der Waals surface area contributed by atoms with Gasteiger partial charge >= 0.3 is 0 Å². The third-order valence-corrected chi connectivity index (χ3v) is 5.61. The van der Waals surface area contributed by atoms with E-state index >= 15 is 0 Å². The maximum absolute atomic E-state index is 12.5. The van der Waals surface area contributed by atoms with E-state index in [1.54, 1.807) is 18.2 Å². The number of para-hydroxylation sites is 1. The summed E-state index contributed by atoms with van der Waals surface area (Å²) in [7, 11) is 1.53. The van der Waals surface area contributed by atoms with Gasteiger partial charge in [0.05, 0.1) is 7.11 Å². The van der Waals surface area contributed by atoms with Crippen LogP contribution < -0.4 is 19.5 Å². The van der Waals surface area contributed by atoms with Crippen LogP contribution in [0.5, 0.6) is 17.2 Å². The number of anilines is 1. The van der Waals surface area contributed by atoms with Gasteiger partial charge in [-0.3, -0.25) is 10.1 Å². The molecule has 1 heterocycles. The number of ether oxygens (including phenoxy) is 3. The van der Waals surface area contributed by atoms with Crippen LogP contribution in [0, 0.1) is 18.3 Å². The molecule has 34 heavy (non-hydrogen) atoms. The lowest BCUT2D eigenvalue weighted by Crippen LogP contribution is -2.13. The molecule has 0 radical (unpaired) electrons. The fourth-order valence-corrected chi connectivity index (χ4v) is 3.85. The predicted molar refractivity (Wildman–Crippen MR) is 131 cm³/mol. The lowest BCUT2D eigenvalue weighted by molar-refractivity contribution is -0.112. The number of aryl methyl sites for hydroxylation is 2. The first-order valence-electron chi connectivity index (χ1n) is 10.8. The zero-order chi connectivity index (χ0) is 24.3. The molecule has 0 aliphatic rings. The van der Waals surface area contributed by atoms with Crippen LogP contribution in [0.2, 0.25) is 0 Å². The standard InChI is InChI=1S/C25H26N4O4S/c1-4-7-23-28-29-25(34-23)27-24(30)19(16-26)14-18-10-11-21(22(15-18)31-3)33-13-12-32-20-9-6-5-8-17(20)2/h5-6,8-11,14-15H,4,7,12-13H2,1-3H3,(H,27,29,30). The summed E-state index contributed by atoms with van der Waals surface area (Å²) in [5, 5.41) is 21.3. The van der Waals surface area contributed by atoms with Gasteiger partial charge < -0.3 is 14.2 Å². The molecule has 1 aromatic heterocycles. The number of nitrogens with one attached hydrogen (secondary N) is 1. The van der Waals surface area contributed by atoms with Crippen LogP contribution in [0.25, 0.3) is 6.08 Å². The molecular formula is C25H26N4O4S. The third kappa shape index (κ3) is 6.80. The summed E-state index contributed by atoms with van der Waals surface area (Å²) in [6, 6.07) is 14.9. The van der Waals surface area contributed by atoms with Crippen molar-refractivity contribution < 1.29 is 19.0 Å². The quantitative estimate of drug-likeness (QED) is 0.239. The number of methoxy groups -OCH3 is 1. The zero-order valence-corrected chi connectivity index (χ0v) is 20.1. The number of aromatic nitrogens is 2. The molecule has 8 nitrogen and oxygen atoms in total. The van der Waals surface area contributed by atoms with Gasteiger partial charge in [-0.2, -0.15) is 5.26 Å². The maximum Gasteiger partial charge on any atom is 0.268 e. The van der Waals surface area contributed by atoms with Gasteiger partial charge in [-0.25, -0.2) is 0 Å². The van der Waals surface area contributed by atoms with E-state index in [1.807, 2.05) is 44.2 Å². The molecule has 0 saturated heterocycles. The Bertz CT molecular complexity index is 1200. The monoisotopic (exact) mass is 478 g/mol. The number of carbonyl (C=O) groups is 1. The highest BCUT2D eigenvalue weighted by molar-refractivity contribution is 7.15. The molecule has 9 heteroatoms. The van der Waals surface area contributed by atoms with Crippen LogP contribution >= 0.6 is 11.3 Å². The number of amides is 1. The lowest BCUT2D eigenvalue weighted by Gasteiger charge is -2.13. The van der Waals surface area contributed by atoms with E-state index in [1.165, 1.54) is 24.5 Å². The fraction of sp³-hybridized carbons (Fsp3) is 0.280. The molecule has 0 spiro atoms. The van der Waals surface area contributed by atoms with Crippen LogP contribution in [0.1, 0.15) is 29.5 Å². The molecular weight excluding hydrogens is 452 g/mol. The van der Waals surface area contributed by atoms with Crippen LogP contribution in [0.4, 0.5) is 5.13 Å². The summed E-state index contributed by atoms with van der Waals surface area (Å²) in [6.45, 7) is 4.73. The first-order chi connectivity index (χ1) is 16.5. The summed E-state index contributed by atoms with van der Waals surface area (Å²) in [5.74, 6) is 1.29. The van der Waals surface area contributed by atoms with E-state index in [4.69, 9.17) is 14.2 Å². The van der Waals surface area contributed by atoms with Crippen molar-refractivity contribution in [3.05, 3.63) is 64.2 Å². The Morgan fingerprint density at radius 2 is 1.88 bits per heavy atom. The zero-order valence-electron chi connectivity index (χ0n) is 19.3. The van der Waals surface area contributed by atoms with E-state index < -0.39 is 5.91 Å². The minimum absolute atomic E-state index is 0.0606. The highest BCUT2D eigenvalue weighted by Crippen LogP contribution is 2.29. The largest absolute Gasteiger partial charge is 0.493 e. The van der Waals surface area contributed by atoms with Gasteiger partial charge in [-0.15, -0.1) is 10.2 Å². The van der Waals surface area contributed by atoms with Crippen LogP contribution in [0.3, 0.4) is 0 Å². The van der Waals surface area contributed by atoms with Gasteiger partial charge in [0, 0.05) is 6.42 Å². The Balaban J connectivity index is 1.62. The van der Waals surface area contributed by atoms with E-state index in [0.717, 1.165) is 29.2 Å². The van der Waals surface area contributed by atoms with Crippen molar-refractivity contribution in [2.24, 2.45) is 0 Å². The number of carbonyl (C=O) groups excluding carboxylic acids is 1. The second-order valence-corrected chi connectivity index (χ2v) is 8.31. The topological polar surface area (TPSA) is 106 Å². The van der Waals surface area contributed by atoms with Crippen molar-refractivity contribution >= 4 is 28.5 Å². The van der Waals surface area contributed by atoms with E-state index in [0.29, 0.717) is 35.4 Å². The third-order valence-electron chi connectivity index (χ3n) is 4.71. The van der Waals surface area contributed by atoms with Gasteiger partial charge in [0.25, 0.3) is 5.91 Å². The molecule has 1 amide bonds. The van der Waals surface area contributed by atoms with Gasteiger partial charge in [0.15, 0.2) is 11.5 Å².